The van der Waals surface area contributed by atoms with Gasteiger partial charge >= 0.3 is 0 Å². The van der Waals surface area contributed by atoms with E-state index in [1.54, 1.807) is 24.3 Å². The number of nitro groups is 1. The highest BCUT2D eigenvalue weighted by atomic mass is 32.2. The second-order valence-corrected chi connectivity index (χ2v) is 8.54. The molecule has 2 aromatic rings. The van der Waals surface area contributed by atoms with Crippen LogP contribution in [-0.2, 0) is 10.0 Å². The molecule has 0 spiro atoms. The van der Waals surface area contributed by atoms with E-state index in [-0.39, 0.29) is 27.6 Å². The zero-order valence-corrected chi connectivity index (χ0v) is 14.3. The number of hydrogen-bond acceptors (Lipinski definition) is 5. The molecule has 4 rings (SSSR count). The molecule has 1 aromatic heterocycles. The number of nitrogens with zero attached hydrogens (tertiary/aromatic N) is 3. The summed E-state index contributed by atoms with van der Waals surface area (Å²) in [7, 11) is -3.75. The minimum atomic E-state index is -3.75. The van der Waals surface area contributed by atoms with Crippen LogP contribution in [-0.4, -0.2) is 28.3 Å². The lowest BCUT2D eigenvalue weighted by atomic mass is 9.87. The molecule has 1 saturated carbocycles. The molecule has 0 aliphatic heterocycles. The number of aromatic nitrogens is 2. The Morgan fingerprint density at radius 2 is 1.88 bits per heavy atom. The molecule has 7 nitrogen and oxygen atoms in total. The molecule has 0 radical (unpaired) electrons. The van der Waals surface area contributed by atoms with Crippen molar-refractivity contribution in [3.05, 3.63) is 70.3 Å². The third-order valence-electron chi connectivity index (χ3n) is 5.18. The normalized spacial score (nSPS) is 27.7. The van der Waals surface area contributed by atoms with Gasteiger partial charge in [0.15, 0.2) is 0 Å². The van der Waals surface area contributed by atoms with E-state index >= 15 is 0 Å². The fourth-order valence-electron chi connectivity index (χ4n) is 3.93. The van der Waals surface area contributed by atoms with Crippen molar-refractivity contribution in [2.75, 3.05) is 0 Å². The highest BCUT2D eigenvalue weighted by molar-refractivity contribution is 7.90. The van der Waals surface area contributed by atoms with Crippen molar-refractivity contribution in [3.63, 3.8) is 0 Å². The average Bonchev–Trinajstić information content (AvgIpc) is 3.30. The maximum Gasteiger partial charge on any atom is 0.268 e. The van der Waals surface area contributed by atoms with Gasteiger partial charge in [0.25, 0.3) is 10.0 Å². The first-order valence-electron chi connectivity index (χ1n) is 8.06. The van der Waals surface area contributed by atoms with Crippen molar-refractivity contribution in [3.8, 4) is 0 Å². The van der Waals surface area contributed by atoms with Gasteiger partial charge in [0, 0.05) is 17.0 Å². The molecule has 0 unspecified atom stereocenters. The van der Waals surface area contributed by atoms with Crippen molar-refractivity contribution < 1.29 is 13.3 Å². The molecule has 4 atom stereocenters. The summed E-state index contributed by atoms with van der Waals surface area (Å²) in [4.78, 5) is 15.6. The lowest BCUT2D eigenvalue weighted by Crippen LogP contribution is -2.31. The fourth-order valence-corrected chi connectivity index (χ4v) is 5.08. The Labute approximate surface area is 145 Å². The molecule has 1 aromatic carbocycles. The number of benzene rings is 1. The van der Waals surface area contributed by atoms with E-state index in [4.69, 9.17) is 0 Å². The second kappa shape index (κ2) is 5.52. The Bertz CT molecular complexity index is 962. The molecule has 130 valence electrons. The van der Waals surface area contributed by atoms with Crippen molar-refractivity contribution in [1.82, 2.24) is 8.96 Å². The summed E-state index contributed by atoms with van der Waals surface area (Å²) in [6.45, 7) is 1.88. The second-order valence-electron chi connectivity index (χ2n) is 6.70. The molecular weight excluding hydrogens is 342 g/mol. The summed E-state index contributed by atoms with van der Waals surface area (Å²) in [5.41, 5.74) is 1.43. The largest absolute Gasteiger partial charge is 0.268 e. The molecule has 8 heteroatoms. The van der Waals surface area contributed by atoms with Gasteiger partial charge in [-0.15, -0.1) is 0 Å². The van der Waals surface area contributed by atoms with Crippen LogP contribution in [0.5, 0.6) is 0 Å². The Balaban J connectivity index is 1.70. The van der Waals surface area contributed by atoms with Gasteiger partial charge < -0.3 is 0 Å². The van der Waals surface area contributed by atoms with Crippen molar-refractivity contribution >= 4 is 10.0 Å². The smallest absolute Gasteiger partial charge is 0.264 e. The van der Waals surface area contributed by atoms with E-state index in [9.17, 15) is 18.5 Å². The average molecular weight is 359 g/mol. The maximum atomic E-state index is 12.7. The van der Waals surface area contributed by atoms with E-state index in [1.165, 1.54) is 12.5 Å². The zero-order valence-electron chi connectivity index (χ0n) is 13.5. The first-order chi connectivity index (χ1) is 11.9. The third-order valence-corrected chi connectivity index (χ3v) is 6.80. The summed E-state index contributed by atoms with van der Waals surface area (Å²) in [6, 6.07) is 5.82. The topological polar surface area (TPSA) is 95.1 Å². The molecule has 0 saturated heterocycles. The lowest BCUT2D eigenvalue weighted by molar-refractivity contribution is -0.530. The minimum absolute atomic E-state index is 0.0471. The molecule has 2 aliphatic carbocycles. The Morgan fingerprint density at radius 1 is 1.20 bits per heavy atom. The summed E-state index contributed by atoms with van der Waals surface area (Å²) in [6.07, 6.45) is 7.27. The summed E-state index contributed by atoms with van der Waals surface area (Å²) in [5, 5.41) is 11.5. The van der Waals surface area contributed by atoms with Crippen LogP contribution in [0.2, 0.25) is 0 Å². The standard InChI is InChI=1S/C17H17N3O4S/c1-11-2-6-14(7-3-11)25(23,24)19-9-15(18-10-19)16-12-4-5-13(8-12)17(16)20(21)22/h2-7,9-10,12-13,16-17H,8H2,1H3/t12-,13+,16-,17+/m0/s1. The molecule has 0 amide bonds. The number of fused-ring (bicyclic) bond motifs is 2. The number of aryl methyl sites for hydroxylation is 1. The van der Waals surface area contributed by atoms with Crippen LogP contribution in [0.1, 0.15) is 23.6 Å². The third kappa shape index (κ3) is 2.48. The van der Waals surface area contributed by atoms with Crippen molar-refractivity contribution in [2.45, 2.75) is 30.2 Å². The predicted molar refractivity (Wildman–Crippen MR) is 90.3 cm³/mol. The highest BCUT2D eigenvalue weighted by Gasteiger charge is 2.53. The van der Waals surface area contributed by atoms with Gasteiger partial charge in [-0.1, -0.05) is 29.8 Å². The van der Waals surface area contributed by atoms with Crippen LogP contribution in [0.3, 0.4) is 0 Å². The van der Waals surface area contributed by atoms with Crippen LogP contribution in [0.15, 0.2) is 53.8 Å². The van der Waals surface area contributed by atoms with E-state index in [2.05, 4.69) is 4.98 Å². The molecule has 1 heterocycles. The van der Waals surface area contributed by atoms with Crippen molar-refractivity contribution in [2.24, 2.45) is 11.8 Å². The quantitative estimate of drug-likeness (QED) is 0.474. The van der Waals surface area contributed by atoms with E-state index in [0.717, 1.165) is 16.0 Å². The molecule has 25 heavy (non-hydrogen) atoms. The molecule has 0 N–H and O–H groups in total. The highest BCUT2D eigenvalue weighted by Crippen LogP contribution is 2.49. The Kier molecular flexibility index (Phi) is 3.54. The van der Waals surface area contributed by atoms with Crippen LogP contribution >= 0.6 is 0 Å². The molecular formula is C17H17N3O4S. The van der Waals surface area contributed by atoms with Gasteiger partial charge in [-0.2, -0.15) is 0 Å². The van der Waals surface area contributed by atoms with Gasteiger partial charge in [-0.3, -0.25) is 10.1 Å². The van der Waals surface area contributed by atoms with Gasteiger partial charge in [0.2, 0.25) is 6.04 Å². The molecule has 2 aliphatic rings. The number of rotatable bonds is 4. The van der Waals surface area contributed by atoms with Crippen LogP contribution in [0.4, 0.5) is 0 Å². The van der Waals surface area contributed by atoms with Gasteiger partial charge in [-0.25, -0.2) is 17.4 Å². The number of allylic oxidation sites excluding steroid dienone is 1. The zero-order chi connectivity index (χ0) is 17.8. The first-order valence-corrected chi connectivity index (χ1v) is 9.50. The molecule has 2 bridgehead atoms. The van der Waals surface area contributed by atoms with Gasteiger partial charge in [-0.05, 0) is 31.4 Å². The first kappa shape index (κ1) is 16.0. The Hall–Kier alpha value is -2.48. The van der Waals surface area contributed by atoms with E-state index in [0.29, 0.717) is 5.69 Å². The van der Waals surface area contributed by atoms with Crippen LogP contribution in [0.25, 0.3) is 0 Å². The summed E-state index contributed by atoms with van der Waals surface area (Å²) in [5.74, 6) is -0.422. The Morgan fingerprint density at radius 3 is 2.56 bits per heavy atom. The maximum absolute atomic E-state index is 12.7. The SMILES string of the molecule is Cc1ccc(S(=O)(=O)n2cnc([C@H]3[C@H]([N+](=O)[O-])[C@@H]4C=C[C@H]3C4)c2)cc1. The van der Waals surface area contributed by atoms with Crippen LogP contribution in [0, 0.1) is 28.9 Å². The number of hydrogen-bond donors (Lipinski definition) is 0. The summed E-state index contributed by atoms with van der Waals surface area (Å²) < 4.78 is 26.5. The minimum Gasteiger partial charge on any atom is -0.264 e. The predicted octanol–water partition coefficient (Wildman–Crippen LogP) is 2.36. The van der Waals surface area contributed by atoms with Gasteiger partial charge in [0.1, 0.15) is 6.33 Å². The molecule has 1 fully saturated rings. The van der Waals surface area contributed by atoms with E-state index in [1.807, 2.05) is 19.1 Å². The van der Waals surface area contributed by atoms with Crippen LogP contribution < -0.4 is 0 Å². The lowest BCUT2D eigenvalue weighted by Gasteiger charge is -2.19. The fraction of sp³-hybridized carbons (Fsp3) is 0.353. The van der Waals surface area contributed by atoms with E-state index < -0.39 is 16.1 Å². The summed E-state index contributed by atoms with van der Waals surface area (Å²) >= 11 is 0. The monoisotopic (exact) mass is 359 g/mol. The number of imidazole rings is 1. The van der Waals surface area contributed by atoms with Gasteiger partial charge in [0.05, 0.1) is 16.5 Å². The van der Waals surface area contributed by atoms with Crippen molar-refractivity contribution in [1.29, 1.82) is 0 Å².